The fourth-order valence-electron chi connectivity index (χ4n) is 2.48. The standard InChI is InChI=1S/C16H13F4N5O/c1-7-4-10(9(3)25(7)11-5-8(2)26-24-11)6-21-23-14-12(17)15(19)22-16(20)13(14)18/h4-6H,1-3H3,(H,22,23)/b21-6-. The molecule has 0 aromatic carbocycles. The highest BCUT2D eigenvalue weighted by atomic mass is 19.2. The molecule has 3 aromatic rings. The molecule has 3 aromatic heterocycles. The zero-order valence-corrected chi connectivity index (χ0v) is 13.9. The number of hydrogen-bond donors (Lipinski definition) is 1. The molecule has 136 valence electrons. The van der Waals surface area contributed by atoms with E-state index in [2.05, 4.69) is 15.2 Å². The van der Waals surface area contributed by atoms with Gasteiger partial charge < -0.3 is 4.52 Å². The first-order valence-corrected chi connectivity index (χ1v) is 7.41. The maximum atomic E-state index is 13.5. The molecule has 0 saturated heterocycles. The van der Waals surface area contributed by atoms with Crippen molar-refractivity contribution in [1.29, 1.82) is 0 Å². The van der Waals surface area contributed by atoms with E-state index in [4.69, 9.17) is 4.52 Å². The number of pyridine rings is 1. The minimum Gasteiger partial charge on any atom is -0.360 e. The van der Waals surface area contributed by atoms with Crippen molar-refractivity contribution < 1.29 is 22.1 Å². The number of anilines is 1. The molecule has 10 heteroatoms. The molecule has 6 nitrogen and oxygen atoms in total. The Morgan fingerprint density at radius 1 is 1.08 bits per heavy atom. The minimum atomic E-state index is -1.76. The van der Waals surface area contributed by atoms with E-state index < -0.39 is 29.2 Å². The summed E-state index contributed by atoms with van der Waals surface area (Å²) in [6, 6.07) is 3.50. The Morgan fingerprint density at radius 3 is 2.31 bits per heavy atom. The van der Waals surface area contributed by atoms with Crippen LogP contribution in [0, 0.1) is 44.3 Å². The van der Waals surface area contributed by atoms with Crippen LogP contribution in [0.4, 0.5) is 23.2 Å². The van der Waals surface area contributed by atoms with Gasteiger partial charge >= 0.3 is 0 Å². The van der Waals surface area contributed by atoms with E-state index in [-0.39, 0.29) is 0 Å². The Bertz CT molecular complexity index is 982. The lowest BCUT2D eigenvalue weighted by atomic mass is 10.3. The summed E-state index contributed by atoms with van der Waals surface area (Å²) in [6.45, 7) is 5.37. The third kappa shape index (κ3) is 3.05. The molecule has 0 aliphatic heterocycles. The van der Waals surface area contributed by atoms with Crippen LogP contribution in [0.1, 0.15) is 22.7 Å². The summed E-state index contributed by atoms with van der Waals surface area (Å²) in [7, 11) is 0. The molecule has 0 fully saturated rings. The van der Waals surface area contributed by atoms with Crippen molar-refractivity contribution in [3.05, 3.63) is 58.4 Å². The van der Waals surface area contributed by atoms with Crippen molar-refractivity contribution in [2.75, 3.05) is 5.43 Å². The Hall–Kier alpha value is -3.17. The highest BCUT2D eigenvalue weighted by molar-refractivity contribution is 5.82. The van der Waals surface area contributed by atoms with Crippen LogP contribution in [0.2, 0.25) is 0 Å². The van der Waals surface area contributed by atoms with Crippen LogP contribution in [-0.2, 0) is 0 Å². The normalized spacial score (nSPS) is 11.5. The fourth-order valence-corrected chi connectivity index (χ4v) is 2.48. The lowest BCUT2D eigenvalue weighted by Crippen LogP contribution is -2.06. The summed E-state index contributed by atoms with van der Waals surface area (Å²) in [6.07, 6.45) is 1.26. The van der Waals surface area contributed by atoms with Gasteiger partial charge in [-0.1, -0.05) is 5.16 Å². The number of hydrazone groups is 1. The summed E-state index contributed by atoms with van der Waals surface area (Å²) in [5, 5.41) is 7.59. The van der Waals surface area contributed by atoms with E-state index in [0.717, 1.165) is 11.4 Å². The molecule has 0 radical (unpaired) electrons. The molecule has 0 atom stereocenters. The molecule has 0 amide bonds. The fraction of sp³-hybridized carbons (Fsp3) is 0.188. The van der Waals surface area contributed by atoms with E-state index in [1.807, 2.05) is 12.3 Å². The van der Waals surface area contributed by atoms with Crippen molar-refractivity contribution in [1.82, 2.24) is 14.7 Å². The number of aryl methyl sites for hydroxylation is 2. The number of halogens is 4. The Labute approximate surface area is 145 Å². The highest BCUT2D eigenvalue weighted by Gasteiger charge is 2.20. The van der Waals surface area contributed by atoms with Crippen molar-refractivity contribution in [3.63, 3.8) is 0 Å². The average molecular weight is 367 g/mol. The summed E-state index contributed by atoms with van der Waals surface area (Å²) in [5.41, 5.74) is 3.05. The monoisotopic (exact) mass is 367 g/mol. The van der Waals surface area contributed by atoms with Gasteiger partial charge in [-0.15, -0.1) is 0 Å². The molecule has 0 spiro atoms. The molecule has 1 N–H and O–H groups in total. The highest BCUT2D eigenvalue weighted by Crippen LogP contribution is 2.23. The molecule has 26 heavy (non-hydrogen) atoms. The van der Waals surface area contributed by atoms with Gasteiger partial charge in [-0.2, -0.15) is 27.6 Å². The van der Waals surface area contributed by atoms with Crippen LogP contribution in [0.25, 0.3) is 5.82 Å². The van der Waals surface area contributed by atoms with Gasteiger partial charge in [0.2, 0.25) is 11.6 Å². The van der Waals surface area contributed by atoms with E-state index in [1.54, 1.807) is 30.5 Å². The smallest absolute Gasteiger partial charge is 0.254 e. The predicted octanol–water partition coefficient (Wildman–Crippen LogP) is 3.79. The summed E-state index contributed by atoms with van der Waals surface area (Å²) < 4.78 is 60.1. The molecule has 0 bridgehead atoms. The van der Waals surface area contributed by atoms with Crippen LogP contribution in [-0.4, -0.2) is 20.9 Å². The largest absolute Gasteiger partial charge is 0.360 e. The first-order chi connectivity index (χ1) is 12.3. The van der Waals surface area contributed by atoms with Gasteiger partial charge in [-0.3, -0.25) is 9.99 Å². The number of nitrogens with zero attached hydrogens (tertiary/aromatic N) is 4. The number of rotatable bonds is 4. The van der Waals surface area contributed by atoms with Crippen molar-refractivity contribution in [2.24, 2.45) is 5.10 Å². The Morgan fingerprint density at radius 2 is 1.73 bits per heavy atom. The van der Waals surface area contributed by atoms with Crippen LogP contribution >= 0.6 is 0 Å². The zero-order valence-electron chi connectivity index (χ0n) is 13.9. The van der Waals surface area contributed by atoms with Crippen molar-refractivity contribution >= 4 is 11.9 Å². The van der Waals surface area contributed by atoms with Crippen molar-refractivity contribution in [2.45, 2.75) is 20.8 Å². The first kappa shape index (κ1) is 17.6. The lowest BCUT2D eigenvalue weighted by molar-refractivity contribution is 0.394. The Kier molecular flexibility index (Phi) is 4.49. The topological polar surface area (TPSA) is 68.2 Å². The molecule has 3 rings (SSSR count). The van der Waals surface area contributed by atoms with Gasteiger partial charge in [0.05, 0.1) is 6.21 Å². The van der Waals surface area contributed by atoms with Gasteiger partial charge in [-0.05, 0) is 26.8 Å². The zero-order chi connectivity index (χ0) is 19.0. The molecule has 0 aliphatic rings. The van der Waals surface area contributed by atoms with Crippen molar-refractivity contribution in [3.8, 4) is 5.82 Å². The quantitative estimate of drug-likeness (QED) is 0.330. The van der Waals surface area contributed by atoms with Gasteiger partial charge in [0, 0.05) is 23.0 Å². The van der Waals surface area contributed by atoms with E-state index in [0.29, 0.717) is 17.1 Å². The van der Waals surface area contributed by atoms with Crippen LogP contribution < -0.4 is 5.43 Å². The van der Waals surface area contributed by atoms with E-state index in [9.17, 15) is 17.6 Å². The molecule has 3 heterocycles. The number of aromatic nitrogens is 3. The predicted molar refractivity (Wildman–Crippen MR) is 85.3 cm³/mol. The summed E-state index contributed by atoms with van der Waals surface area (Å²) in [5.74, 6) is -5.64. The molecule has 0 unspecified atom stereocenters. The third-order valence-electron chi connectivity index (χ3n) is 3.69. The maximum absolute atomic E-state index is 13.5. The molecular formula is C16H13F4N5O. The summed E-state index contributed by atoms with van der Waals surface area (Å²) in [4.78, 5) is 2.47. The van der Waals surface area contributed by atoms with Crippen LogP contribution in [0.3, 0.4) is 0 Å². The second-order valence-electron chi connectivity index (χ2n) is 5.52. The Balaban J connectivity index is 1.89. The molecule has 0 saturated carbocycles. The second-order valence-corrected chi connectivity index (χ2v) is 5.52. The number of hydrogen-bond acceptors (Lipinski definition) is 5. The van der Waals surface area contributed by atoms with E-state index in [1.165, 1.54) is 6.21 Å². The van der Waals surface area contributed by atoms with Crippen LogP contribution in [0.5, 0.6) is 0 Å². The molecular weight excluding hydrogens is 354 g/mol. The minimum absolute atomic E-state index is 0.570. The van der Waals surface area contributed by atoms with Gasteiger partial charge in [0.25, 0.3) is 11.9 Å². The average Bonchev–Trinajstić information content (AvgIpc) is 3.12. The van der Waals surface area contributed by atoms with Gasteiger partial charge in [0.15, 0.2) is 5.82 Å². The lowest BCUT2D eigenvalue weighted by Gasteiger charge is -2.05. The second kappa shape index (κ2) is 6.62. The third-order valence-corrected chi connectivity index (χ3v) is 3.69. The molecule has 0 aliphatic carbocycles. The summed E-state index contributed by atoms with van der Waals surface area (Å²) >= 11 is 0. The first-order valence-electron chi connectivity index (χ1n) is 7.41. The van der Waals surface area contributed by atoms with E-state index >= 15 is 0 Å². The SMILES string of the molecule is Cc1cc(-n2c(C)cc(/C=N\Nc3c(F)c(F)nc(F)c3F)c2C)no1. The van der Waals surface area contributed by atoms with Gasteiger partial charge in [-0.25, -0.2) is 0 Å². The number of nitrogens with one attached hydrogen (secondary N) is 1. The van der Waals surface area contributed by atoms with Gasteiger partial charge in [0.1, 0.15) is 11.4 Å². The van der Waals surface area contributed by atoms with Crippen LogP contribution in [0.15, 0.2) is 21.8 Å². The maximum Gasteiger partial charge on any atom is 0.254 e.